The predicted octanol–water partition coefficient (Wildman–Crippen LogP) is 6.28. The minimum Gasteiger partial charge on any atom is -0.353 e. The highest BCUT2D eigenvalue weighted by Crippen LogP contribution is 2.29. The molecule has 0 aliphatic carbocycles. The van der Waals surface area contributed by atoms with Crippen LogP contribution >= 0.6 is 0 Å². The lowest BCUT2D eigenvalue weighted by Gasteiger charge is -2.23. The first-order valence-electron chi connectivity index (χ1n) is 12.3. The molecule has 34 heavy (non-hydrogen) atoms. The Morgan fingerprint density at radius 3 is 2.71 bits per heavy atom. The van der Waals surface area contributed by atoms with Gasteiger partial charge in [-0.2, -0.15) is 4.98 Å². The summed E-state index contributed by atoms with van der Waals surface area (Å²) in [6, 6.07) is 18.7. The maximum atomic E-state index is 6.01. The van der Waals surface area contributed by atoms with Crippen LogP contribution in [0.4, 0.5) is 0 Å². The molecule has 2 aromatic heterocycles. The molecule has 1 aliphatic heterocycles. The highest BCUT2D eigenvalue weighted by Gasteiger charge is 2.17. The zero-order chi connectivity index (χ0) is 23.0. The van der Waals surface area contributed by atoms with Crippen molar-refractivity contribution in [3.8, 4) is 11.4 Å². The number of benzene rings is 2. The van der Waals surface area contributed by atoms with Crippen molar-refractivity contribution in [2.24, 2.45) is 0 Å². The van der Waals surface area contributed by atoms with Gasteiger partial charge in [-0.25, -0.2) is 0 Å². The third kappa shape index (κ3) is 5.69. The zero-order valence-electron chi connectivity index (χ0n) is 19.5. The molecular formula is C28H31N3O3. The second kappa shape index (κ2) is 11.4. The van der Waals surface area contributed by atoms with Crippen LogP contribution in [0.1, 0.15) is 55.5 Å². The molecule has 176 valence electrons. The van der Waals surface area contributed by atoms with Crippen LogP contribution in [0.5, 0.6) is 0 Å². The number of rotatable bonds is 10. The lowest BCUT2D eigenvalue weighted by atomic mass is 10.0. The Labute approximate surface area is 200 Å². The summed E-state index contributed by atoms with van der Waals surface area (Å²) < 4.78 is 17.3. The van der Waals surface area contributed by atoms with Crippen molar-refractivity contribution in [2.45, 2.75) is 64.3 Å². The number of ether oxygens (including phenoxy) is 2. The zero-order valence-corrected chi connectivity index (χ0v) is 19.5. The fourth-order valence-corrected chi connectivity index (χ4v) is 4.46. The molecule has 0 saturated carbocycles. The van der Waals surface area contributed by atoms with Gasteiger partial charge in [0, 0.05) is 35.7 Å². The minimum atomic E-state index is -0.125. The molecule has 2 aromatic carbocycles. The van der Waals surface area contributed by atoms with E-state index in [1.807, 2.05) is 24.4 Å². The first-order chi connectivity index (χ1) is 16.9. The first-order valence-corrected chi connectivity index (χ1v) is 12.3. The summed E-state index contributed by atoms with van der Waals surface area (Å²) in [4.78, 5) is 9.30. The Hall–Kier alpha value is -3.09. The van der Waals surface area contributed by atoms with Crippen molar-refractivity contribution < 1.29 is 14.0 Å². The van der Waals surface area contributed by atoms with Crippen molar-refractivity contribution in [1.29, 1.82) is 0 Å². The van der Waals surface area contributed by atoms with Gasteiger partial charge in [0.25, 0.3) is 0 Å². The van der Waals surface area contributed by atoms with E-state index in [0.29, 0.717) is 18.3 Å². The van der Waals surface area contributed by atoms with E-state index in [1.54, 1.807) is 0 Å². The number of pyridine rings is 1. The number of unbranched alkanes of at least 4 members (excludes halogenated alkanes) is 2. The average Bonchev–Trinajstić information content (AvgIpc) is 3.37. The van der Waals surface area contributed by atoms with E-state index in [1.165, 1.54) is 5.56 Å². The fraction of sp³-hybridized carbons (Fsp3) is 0.393. The number of aromatic nitrogens is 3. The van der Waals surface area contributed by atoms with Crippen molar-refractivity contribution >= 4 is 10.9 Å². The molecule has 6 heteroatoms. The Kier molecular flexibility index (Phi) is 7.58. The summed E-state index contributed by atoms with van der Waals surface area (Å²) in [5.41, 5.74) is 4.27. The van der Waals surface area contributed by atoms with Gasteiger partial charge in [-0.15, -0.1) is 0 Å². The van der Waals surface area contributed by atoms with E-state index in [4.69, 9.17) is 14.0 Å². The molecule has 1 unspecified atom stereocenters. The smallest absolute Gasteiger partial charge is 0.226 e. The second-order valence-electron chi connectivity index (χ2n) is 8.84. The molecule has 0 bridgehead atoms. The van der Waals surface area contributed by atoms with Crippen LogP contribution in [0, 0.1) is 0 Å². The maximum Gasteiger partial charge on any atom is 0.226 e. The summed E-state index contributed by atoms with van der Waals surface area (Å²) in [7, 11) is 0. The van der Waals surface area contributed by atoms with Crippen LogP contribution in [0.2, 0.25) is 0 Å². The topological polar surface area (TPSA) is 70.3 Å². The van der Waals surface area contributed by atoms with E-state index in [2.05, 4.69) is 51.5 Å². The van der Waals surface area contributed by atoms with Crippen LogP contribution in [-0.2, 0) is 28.9 Å². The van der Waals surface area contributed by atoms with Gasteiger partial charge >= 0.3 is 0 Å². The fourth-order valence-electron chi connectivity index (χ4n) is 4.46. The molecule has 6 nitrogen and oxygen atoms in total. The molecular weight excluding hydrogens is 426 g/mol. The van der Waals surface area contributed by atoms with Gasteiger partial charge in [0.1, 0.15) is 0 Å². The summed E-state index contributed by atoms with van der Waals surface area (Å²) >= 11 is 0. The lowest BCUT2D eigenvalue weighted by molar-refractivity contribution is -0.168. The third-order valence-corrected chi connectivity index (χ3v) is 6.32. The van der Waals surface area contributed by atoms with E-state index in [0.717, 1.165) is 80.0 Å². The number of hydrogen-bond acceptors (Lipinski definition) is 6. The SMILES string of the molecule is c1ccc(CCCCCc2nc(-c3ccc(COC4CCCCO4)c4ncccc34)no2)cc1. The highest BCUT2D eigenvalue weighted by atomic mass is 16.7. The van der Waals surface area contributed by atoms with Crippen LogP contribution in [-0.4, -0.2) is 28.0 Å². The third-order valence-electron chi connectivity index (χ3n) is 6.32. The summed E-state index contributed by atoms with van der Waals surface area (Å²) in [5.74, 6) is 1.30. The molecule has 4 aromatic rings. The molecule has 0 amide bonds. The Bertz CT molecular complexity index is 1190. The van der Waals surface area contributed by atoms with Crippen molar-refractivity contribution in [3.63, 3.8) is 0 Å². The predicted molar refractivity (Wildman–Crippen MR) is 131 cm³/mol. The van der Waals surface area contributed by atoms with Crippen LogP contribution < -0.4 is 0 Å². The molecule has 0 N–H and O–H groups in total. The van der Waals surface area contributed by atoms with E-state index < -0.39 is 0 Å². The molecule has 0 radical (unpaired) electrons. The standard InChI is InChI=1S/C28H31N3O3/c1-3-10-21(11-4-1)12-5-2-6-14-25-30-28(31-34-25)24-17-16-22(27-23(24)13-9-18-29-27)20-33-26-15-7-8-19-32-26/h1,3-4,9-11,13,16-18,26H,2,5-8,12,14-15,19-20H2. The second-order valence-corrected chi connectivity index (χ2v) is 8.84. The highest BCUT2D eigenvalue weighted by molar-refractivity contribution is 5.94. The largest absolute Gasteiger partial charge is 0.353 e. The van der Waals surface area contributed by atoms with Crippen molar-refractivity contribution in [2.75, 3.05) is 6.61 Å². The summed E-state index contributed by atoms with van der Waals surface area (Å²) in [6.07, 6.45) is 10.1. The monoisotopic (exact) mass is 457 g/mol. The number of aryl methyl sites for hydroxylation is 2. The normalized spacial score (nSPS) is 16.2. The van der Waals surface area contributed by atoms with Crippen molar-refractivity contribution in [3.05, 3.63) is 77.8 Å². The molecule has 0 spiro atoms. The van der Waals surface area contributed by atoms with Crippen LogP contribution in [0.3, 0.4) is 0 Å². The Morgan fingerprint density at radius 2 is 1.82 bits per heavy atom. The Balaban J connectivity index is 1.21. The summed E-state index contributed by atoms with van der Waals surface area (Å²) in [5, 5.41) is 5.27. The minimum absolute atomic E-state index is 0.125. The van der Waals surface area contributed by atoms with E-state index in [9.17, 15) is 0 Å². The van der Waals surface area contributed by atoms with Gasteiger partial charge in [-0.3, -0.25) is 4.98 Å². The molecule has 1 aliphatic rings. The number of hydrogen-bond donors (Lipinski definition) is 0. The lowest BCUT2D eigenvalue weighted by Crippen LogP contribution is -2.22. The van der Waals surface area contributed by atoms with E-state index >= 15 is 0 Å². The van der Waals surface area contributed by atoms with Crippen LogP contribution in [0.15, 0.2) is 65.3 Å². The quantitative estimate of drug-likeness (QED) is 0.261. The Morgan fingerprint density at radius 1 is 0.912 bits per heavy atom. The van der Waals surface area contributed by atoms with Crippen molar-refractivity contribution in [1.82, 2.24) is 15.1 Å². The van der Waals surface area contributed by atoms with Gasteiger partial charge in [0.2, 0.25) is 11.7 Å². The van der Waals surface area contributed by atoms with Gasteiger partial charge in [0.15, 0.2) is 6.29 Å². The summed E-state index contributed by atoms with van der Waals surface area (Å²) in [6.45, 7) is 1.24. The molecule has 1 atom stereocenters. The molecule has 5 rings (SSSR count). The number of fused-ring (bicyclic) bond motifs is 1. The van der Waals surface area contributed by atoms with Gasteiger partial charge in [-0.1, -0.05) is 54.0 Å². The molecule has 1 fully saturated rings. The van der Waals surface area contributed by atoms with Gasteiger partial charge in [-0.05, 0) is 56.2 Å². The number of nitrogens with zero attached hydrogens (tertiary/aromatic N) is 3. The van der Waals surface area contributed by atoms with Gasteiger partial charge < -0.3 is 14.0 Å². The van der Waals surface area contributed by atoms with E-state index in [-0.39, 0.29) is 6.29 Å². The van der Waals surface area contributed by atoms with Crippen LogP contribution in [0.25, 0.3) is 22.3 Å². The average molecular weight is 458 g/mol. The van der Waals surface area contributed by atoms with Gasteiger partial charge in [0.05, 0.1) is 12.1 Å². The first kappa shape index (κ1) is 22.7. The molecule has 1 saturated heterocycles. The molecule has 3 heterocycles. The maximum absolute atomic E-state index is 6.01.